The van der Waals surface area contributed by atoms with Crippen molar-refractivity contribution < 1.29 is 23.5 Å². The summed E-state index contributed by atoms with van der Waals surface area (Å²) in [6.45, 7) is 5.42. The maximum absolute atomic E-state index is 13.2. The first kappa shape index (κ1) is 23.2. The number of ether oxygens (including phenoxy) is 1. The van der Waals surface area contributed by atoms with Gasteiger partial charge in [0.15, 0.2) is 5.78 Å². The quantitative estimate of drug-likeness (QED) is 0.425. The normalized spacial score (nSPS) is 17.7. The number of imide groups is 1. The van der Waals surface area contributed by atoms with E-state index in [-0.39, 0.29) is 18.1 Å². The number of hydrogen-bond acceptors (Lipinski definition) is 4. The number of methoxy groups -OCH3 is 1. The number of aromatic nitrogens is 1. The van der Waals surface area contributed by atoms with Gasteiger partial charge in [0.25, 0.3) is 5.91 Å². The van der Waals surface area contributed by atoms with Gasteiger partial charge in [-0.2, -0.15) is 0 Å². The number of nitrogens with one attached hydrogen (secondary N) is 1. The molecule has 0 spiro atoms. The molecule has 2 heterocycles. The van der Waals surface area contributed by atoms with Crippen molar-refractivity contribution in [1.82, 2.24) is 14.8 Å². The molecule has 1 aliphatic heterocycles. The molecule has 0 bridgehead atoms. The number of ketones is 1. The number of carbonyl (C=O) groups is 3. The summed E-state index contributed by atoms with van der Waals surface area (Å²) in [5.74, 6) is -0.500. The highest BCUT2D eigenvalue weighted by atomic mass is 19.1. The number of halogens is 1. The third kappa shape index (κ3) is 4.07. The topological polar surface area (TPSA) is 80.6 Å². The standard InChI is InChI=1S/C26H26FN3O4/c1-16-13-22(17(2)29(16)14-18-5-9-20(27)10-6-18)23(31)15-30-24(32)26(3,28-25(30)33)19-7-11-21(34-4)12-8-19/h5-13H,14-15H2,1-4H3,(H,28,33). The van der Waals surface area contributed by atoms with Crippen LogP contribution >= 0.6 is 0 Å². The molecule has 4 rings (SSSR count). The van der Waals surface area contributed by atoms with Crippen LogP contribution in [0.1, 0.15) is 39.8 Å². The van der Waals surface area contributed by atoms with Crippen LogP contribution in [0.25, 0.3) is 0 Å². The van der Waals surface area contributed by atoms with Gasteiger partial charge in [-0.15, -0.1) is 0 Å². The van der Waals surface area contributed by atoms with E-state index in [9.17, 15) is 18.8 Å². The summed E-state index contributed by atoms with van der Waals surface area (Å²) < 4.78 is 20.3. The van der Waals surface area contributed by atoms with E-state index in [4.69, 9.17) is 4.74 Å². The third-order valence-corrected chi connectivity index (χ3v) is 6.37. The molecule has 0 saturated carbocycles. The van der Waals surface area contributed by atoms with Gasteiger partial charge in [-0.3, -0.25) is 14.5 Å². The summed E-state index contributed by atoms with van der Waals surface area (Å²) in [4.78, 5) is 40.0. The van der Waals surface area contributed by atoms with Gasteiger partial charge < -0.3 is 14.6 Å². The average molecular weight is 464 g/mol. The Balaban J connectivity index is 1.54. The Morgan fingerprint density at radius 2 is 1.71 bits per heavy atom. The van der Waals surface area contributed by atoms with E-state index < -0.39 is 17.5 Å². The number of urea groups is 1. The van der Waals surface area contributed by atoms with Crippen LogP contribution in [0.2, 0.25) is 0 Å². The van der Waals surface area contributed by atoms with Crippen molar-refractivity contribution in [3.63, 3.8) is 0 Å². The number of carbonyl (C=O) groups excluding carboxylic acids is 3. The number of rotatable bonds is 7. The summed E-state index contributed by atoms with van der Waals surface area (Å²) in [7, 11) is 1.54. The van der Waals surface area contributed by atoms with Gasteiger partial charge in [0.2, 0.25) is 0 Å². The molecule has 1 saturated heterocycles. The Labute approximate surface area is 197 Å². The van der Waals surface area contributed by atoms with Crippen LogP contribution < -0.4 is 10.1 Å². The SMILES string of the molecule is COc1ccc(C2(C)NC(=O)N(CC(=O)c3cc(C)n(Cc4ccc(F)cc4)c3C)C2=O)cc1. The Hall–Kier alpha value is -3.94. The number of aryl methyl sites for hydroxylation is 1. The summed E-state index contributed by atoms with van der Waals surface area (Å²) in [6.07, 6.45) is 0. The van der Waals surface area contributed by atoms with E-state index >= 15 is 0 Å². The fourth-order valence-corrected chi connectivity index (χ4v) is 4.29. The predicted molar refractivity (Wildman–Crippen MR) is 124 cm³/mol. The van der Waals surface area contributed by atoms with E-state index in [1.54, 1.807) is 56.5 Å². The molecule has 1 fully saturated rings. The molecule has 1 aliphatic rings. The van der Waals surface area contributed by atoms with Gasteiger partial charge in [0, 0.05) is 23.5 Å². The monoisotopic (exact) mass is 463 g/mol. The van der Waals surface area contributed by atoms with Gasteiger partial charge in [0.1, 0.15) is 17.1 Å². The summed E-state index contributed by atoms with van der Waals surface area (Å²) in [5, 5.41) is 2.72. The molecule has 3 amide bonds. The van der Waals surface area contributed by atoms with Gasteiger partial charge in [0.05, 0.1) is 13.7 Å². The molecule has 176 valence electrons. The second-order valence-electron chi connectivity index (χ2n) is 8.60. The van der Waals surface area contributed by atoms with Crippen molar-refractivity contribution in [3.8, 4) is 5.75 Å². The smallest absolute Gasteiger partial charge is 0.325 e. The largest absolute Gasteiger partial charge is 0.497 e. The molecule has 7 nitrogen and oxygen atoms in total. The van der Waals surface area contributed by atoms with Gasteiger partial charge in [-0.05, 0) is 62.2 Å². The molecular weight excluding hydrogens is 437 g/mol. The minimum absolute atomic E-state index is 0.309. The molecule has 2 aromatic carbocycles. The Morgan fingerprint density at radius 3 is 2.32 bits per heavy atom. The van der Waals surface area contributed by atoms with Crippen LogP contribution in [-0.4, -0.2) is 40.8 Å². The van der Waals surface area contributed by atoms with Gasteiger partial charge >= 0.3 is 6.03 Å². The van der Waals surface area contributed by atoms with Crippen molar-refractivity contribution in [3.05, 3.63) is 88.5 Å². The van der Waals surface area contributed by atoms with Crippen molar-refractivity contribution in [1.29, 1.82) is 0 Å². The second-order valence-corrected chi connectivity index (χ2v) is 8.60. The minimum atomic E-state index is -1.27. The minimum Gasteiger partial charge on any atom is -0.497 e. The fourth-order valence-electron chi connectivity index (χ4n) is 4.29. The molecule has 8 heteroatoms. The summed E-state index contributed by atoms with van der Waals surface area (Å²) >= 11 is 0. The lowest BCUT2D eigenvalue weighted by Gasteiger charge is -2.22. The predicted octanol–water partition coefficient (Wildman–Crippen LogP) is 3.95. The van der Waals surface area contributed by atoms with Gasteiger partial charge in [-0.25, -0.2) is 9.18 Å². The molecular formula is C26H26FN3O4. The lowest BCUT2D eigenvalue weighted by molar-refractivity contribution is -0.130. The summed E-state index contributed by atoms with van der Waals surface area (Å²) in [6, 6.07) is 14.2. The van der Waals surface area contributed by atoms with Crippen molar-refractivity contribution >= 4 is 17.7 Å². The van der Waals surface area contributed by atoms with Crippen molar-refractivity contribution in [2.45, 2.75) is 32.9 Å². The lowest BCUT2D eigenvalue weighted by Crippen LogP contribution is -2.41. The van der Waals surface area contributed by atoms with E-state index in [1.807, 2.05) is 18.4 Å². The molecule has 3 aromatic rings. The zero-order valence-electron chi connectivity index (χ0n) is 19.5. The fraction of sp³-hybridized carbons (Fsp3) is 0.269. The van der Waals surface area contributed by atoms with E-state index in [2.05, 4.69) is 5.32 Å². The number of nitrogens with zero attached hydrogens (tertiary/aromatic N) is 2. The maximum Gasteiger partial charge on any atom is 0.325 e. The van der Waals surface area contributed by atoms with Crippen LogP contribution in [-0.2, 0) is 16.9 Å². The highest BCUT2D eigenvalue weighted by Crippen LogP contribution is 2.30. The first-order valence-electron chi connectivity index (χ1n) is 10.9. The van der Waals surface area contributed by atoms with E-state index in [0.717, 1.165) is 21.9 Å². The van der Waals surface area contributed by atoms with Crippen LogP contribution in [0.4, 0.5) is 9.18 Å². The average Bonchev–Trinajstić information content (AvgIpc) is 3.23. The molecule has 1 N–H and O–H groups in total. The molecule has 1 aromatic heterocycles. The highest BCUT2D eigenvalue weighted by molar-refractivity contribution is 6.11. The van der Waals surface area contributed by atoms with Crippen molar-refractivity contribution in [2.24, 2.45) is 0 Å². The van der Waals surface area contributed by atoms with E-state index in [0.29, 0.717) is 23.4 Å². The van der Waals surface area contributed by atoms with E-state index in [1.165, 1.54) is 12.1 Å². The number of amides is 3. The number of Topliss-reactive ketones (excluding diaryl/α,β-unsaturated/α-hetero) is 1. The molecule has 0 aliphatic carbocycles. The van der Waals surface area contributed by atoms with Crippen molar-refractivity contribution in [2.75, 3.05) is 13.7 Å². The van der Waals surface area contributed by atoms with Crippen LogP contribution in [0, 0.1) is 19.7 Å². The Bertz CT molecular complexity index is 1260. The first-order chi connectivity index (χ1) is 16.1. The molecule has 0 radical (unpaired) electrons. The molecule has 1 atom stereocenters. The molecule has 34 heavy (non-hydrogen) atoms. The van der Waals surface area contributed by atoms with Crippen LogP contribution in [0.15, 0.2) is 54.6 Å². The van der Waals surface area contributed by atoms with Gasteiger partial charge in [-0.1, -0.05) is 24.3 Å². The number of hydrogen-bond donors (Lipinski definition) is 1. The van der Waals surface area contributed by atoms with Crippen LogP contribution in [0.5, 0.6) is 5.75 Å². The van der Waals surface area contributed by atoms with Crippen LogP contribution in [0.3, 0.4) is 0 Å². The highest BCUT2D eigenvalue weighted by Gasteiger charge is 2.49. The number of benzene rings is 2. The zero-order valence-corrected chi connectivity index (χ0v) is 19.5. The summed E-state index contributed by atoms with van der Waals surface area (Å²) in [5.41, 5.74) is 2.23. The third-order valence-electron chi connectivity index (χ3n) is 6.37. The zero-order chi connectivity index (χ0) is 24.6. The Morgan fingerprint density at radius 1 is 1.06 bits per heavy atom. The Kier molecular flexibility index (Phi) is 6.00. The second kappa shape index (κ2) is 8.78. The maximum atomic E-state index is 13.2. The lowest BCUT2D eigenvalue weighted by atomic mass is 9.92. The molecule has 1 unspecified atom stereocenters. The first-order valence-corrected chi connectivity index (χ1v) is 10.9.